The average Bonchev–Trinajstić information content (AvgIpc) is 3.24. The molecule has 0 heterocycles. The van der Waals surface area contributed by atoms with Crippen LogP contribution in [-0.2, 0) is 12.8 Å². The van der Waals surface area contributed by atoms with Gasteiger partial charge < -0.3 is 9.68 Å². The van der Waals surface area contributed by atoms with Gasteiger partial charge in [0.05, 0.1) is 22.3 Å². The molecule has 6 rings (SSSR count). The van der Waals surface area contributed by atoms with E-state index in [1.165, 1.54) is 36.4 Å². The van der Waals surface area contributed by atoms with Crippen molar-refractivity contribution in [2.75, 3.05) is 0 Å². The minimum Gasteiger partial charge on any atom is -0.537 e. The number of halogens is 9. The maximum Gasteiger partial charge on any atom is 0.569 e. The van der Waals surface area contributed by atoms with E-state index < -0.39 is 40.7 Å². The fourth-order valence-corrected chi connectivity index (χ4v) is 6.66. The van der Waals surface area contributed by atoms with E-state index in [4.69, 9.17) is 5.02 Å². The molecule has 2 nitrogen and oxygen atoms in total. The van der Waals surface area contributed by atoms with Gasteiger partial charge in [0.15, 0.2) is 23.3 Å². The van der Waals surface area contributed by atoms with Crippen LogP contribution in [0.15, 0.2) is 102 Å². The molecule has 6 aromatic rings. The Kier molecular flexibility index (Phi) is 20.2. The van der Waals surface area contributed by atoms with E-state index in [-0.39, 0.29) is 28.3 Å². The van der Waals surface area contributed by atoms with Gasteiger partial charge in [0.25, 0.3) is 0 Å². The third-order valence-electron chi connectivity index (χ3n) is 9.71. The summed E-state index contributed by atoms with van der Waals surface area (Å²) in [5.74, 6) is 5.27. The number of rotatable bonds is 11. The molecule has 0 fully saturated rings. The van der Waals surface area contributed by atoms with Crippen molar-refractivity contribution in [1.29, 1.82) is 0 Å². The predicted octanol–water partition coefficient (Wildman–Crippen LogP) is 14.4. The largest absolute Gasteiger partial charge is 0.569 e. The van der Waals surface area contributed by atoms with Gasteiger partial charge in [-0.2, -0.15) is 0 Å². The molecule has 64 heavy (non-hydrogen) atoms. The van der Waals surface area contributed by atoms with Crippen LogP contribution in [0, 0.1) is 84.1 Å². The Morgan fingerprint density at radius 1 is 0.484 bits per heavy atom. The lowest BCUT2D eigenvalue weighted by Gasteiger charge is -2.06. The van der Waals surface area contributed by atoms with Crippen LogP contribution in [0.2, 0.25) is 0 Å². The molecule has 0 spiro atoms. The van der Waals surface area contributed by atoms with Gasteiger partial charge in [0.1, 0.15) is 29.0 Å². The fourth-order valence-electron chi connectivity index (χ4n) is 6.33. The molecule has 12 heteroatoms. The van der Waals surface area contributed by atoms with E-state index in [1.807, 2.05) is 19.1 Å². The third-order valence-corrected chi connectivity index (χ3v) is 10.2. The van der Waals surface area contributed by atoms with Crippen molar-refractivity contribution in [1.82, 2.24) is 0 Å². The first kappa shape index (κ1) is 50.8. The summed E-state index contributed by atoms with van der Waals surface area (Å²) < 4.78 is 113. The number of unbranched alkanes of at least 4 members (excludes halogenated alkanes) is 4. The molecule has 0 saturated carbocycles. The first-order valence-electron chi connectivity index (χ1n) is 20.5. The monoisotopic (exact) mass is 943 g/mol. The van der Waals surface area contributed by atoms with Gasteiger partial charge >= 0.3 is 7.69 Å². The molecule has 0 aliphatic carbocycles. The van der Waals surface area contributed by atoms with Gasteiger partial charge in [-0.1, -0.05) is 103 Å². The Hall–Kier alpha value is -5.82. The van der Waals surface area contributed by atoms with E-state index in [0.29, 0.717) is 34.4 Å². The van der Waals surface area contributed by atoms with Gasteiger partial charge in [-0.05, 0) is 140 Å². The molecule has 0 aliphatic rings. The van der Waals surface area contributed by atoms with Crippen LogP contribution in [-0.4, -0.2) is 12.7 Å². The van der Waals surface area contributed by atoms with Crippen molar-refractivity contribution in [3.05, 3.63) is 193 Å². The predicted molar refractivity (Wildman–Crippen MR) is 242 cm³/mol. The zero-order valence-corrected chi connectivity index (χ0v) is 37.3. The second-order valence-corrected chi connectivity index (χ2v) is 15.6. The molecule has 6 aromatic carbocycles. The molecule has 0 atom stereocenters. The van der Waals surface area contributed by atoms with Crippen LogP contribution in [0.25, 0.3) is 11.1 Å². The van der Waals surface area contributed by atoms with Gasteiger partial charge in [0.2, 0.25) is 0 Å². The molecule has 1 N–H and O–H groups in total. The van der Waals surface area contributed by atoms with Crippen LogP contribution < -0.4 is 4.65 Å². The second kappa shape index (κ2) is 25.5. The molecule has 0 amide bonds. The Labute approximate surface area is 379 Å². The third kappa shape index (κ3) is 15.5. The highest BCUT2D eigenvalue weighted by Gasteiger charge is 2.11. The second-order valence-electron chi connectivity index (χ2n) is 14.7. The standard InChI is InChI=1S/C26H22F4.C20H19BrF2.C6H4BF2O2/c1-3-4-5-6-18-13-17(2)22(25(29)14-18)11-9-19-7-8-20(15-24(19)28)21-10-12-23(27)26(30)16-21;1-3-4-5-6-15-11-14(2)18(20(23)12-15)10-8-16-7-9-17(21)13-19(16)22;8-5-2-1-4(11-7-10)3-6(5)9/h7-8,10,12-16H,3-6H2,1-2H3;7,9,11-13H,3-6H2,1-2H3;1-3,10H. The van der Waals surface area contributed by atoms with Crippen molar-refractivity contribution >= 4 is 23.6 Å². The summed E-state index contributed by atoms with van der Waals surface area (Å²) in [4.78, 5) is 0. The van der Waals surface area contributed by atoms with E-state index in [9.17, 15) is 35.1 Å². The number of aryl methyl sites for hydroxylation is 4. The lowest BCUT2D eigenvalue weighted by atomic mass is 10.00. The van der Waals surface area contributed by atoms with Crippen LogP contribution in [0.3, 0.4) is 0 Å². The zero-order chi connectivity index (χ0) is 46.8. The van der Waals surface area contributed by atoms with Crippen molar-refractivity contribution < 1.29 is 44.8 Å². The minimum absolute atomic E-state index is 0.0476. The Balaban J connectivity index is 0.000000232. The highest BCUT2D eigenvalue weighted by molar-refractivity contribution is 9.10. The summed E-state index contributed by atoms with van der Waals surface area (Å²) in [6.07, 6.45) is 8.25. The summed E-state index contributed by atoms with van der Waals surface area (Å²) in [6, 6.07) is 22.1. The maximum atomic E-state index is 14.5. The molecule has 0 unspecified atom stereocenters. The van der Waals surface area contributed by atoms with E-state index in [1.54, 1.807) is 31.2 Å². The van der Waals surface area contributed by atoms with Crippen LogP contribution in [0.5, 0.6) is 5.75 Å². The highest BCUT2D eigenvalue weighted by Crippen LogP contribution is 2.25. The topological polar surface area (TPSA) is 29.5 Å². The summed E-state index contributed by atoms with van der Waals surface area (Å²) >= 11 is 3.20. The van der Waals surface area contributed by atoms with Crippen LogP contribution >= 0.6 is 15.9 Å². The van der Waals surface area contributed by atoms with E-state index in [0.717, 1.165) is 92.3 Å². The SMILES string of the molecule is CCCCCc1cc(C)c(C#Cc2ccc(-c3ccc(F)c(F)c3)cc2F)c(F)c1.CCCCCc1cc(C)c(C#Cc2ccc(Br)cc2F)c(F)c1.O[B]Oc1ccc(F)c(F)c1. The molecule has 331 valence electrons. The first-order valence-corrected chi connectivity index (χ1v) is 21.3. The van der Waals surface area contributed by atoms with Crippen molar-refractivity contribution in [2.45, 2.75) is 79.1 Å². The summed E-state index contributed by atoms with van der Waals surface area (Å²) in [7, 11) is 0.396. The summed E-state index contributed by atoms with van der Waals surface area (Å²) in [5.41, 5.74) is 5.15. The quantitative estimate of drug-likeness (QED) is 0.0607. The Morgan fingerprint density at radius 2 is 0.938 bits per heavy atom. The lowest BCUT2D eigenvalue weighted by Crippen LogP contribution is -2.00. The smallest absolute Gasteiger partial charge is 0.537 e. The normalized spacial score (nSPS) is 10.3. The molecule has 0 aromatic heterocycles. The number of benzene rings is 6. The zero-order valence-electron chi connectivity index (χ0n) is 35.7. The first-order chi connectivity index (χ1) is 30.6. The molecule has 0 bridgehead atoms. The minimum atomic E-state index is -1.01. The lowest BCUT2D eigenvalue weighted by molar-refractivity contribution is 0.445. The van der Waals surface area contributed by atoms with Crippen LogP contribution in [0.1, 0.15) is 96.9 Å². The molecule has 1 radical (unpaired) electrons. The Morgan fingerprint density at radius 3 is 1.38 bits per heavy atom. The van der Waals surface area contributed by atoms with Crippen molar-refractivity contribution in [2.24, 2.45) is 0 Å². The van der Waals surface area contributed by atoms with Crippen molar-refractivity contribution in [3.8, 4) is 40.6 Å². The fraction of sp³-hybridized carbons (Fsp3) is 0.231. The van der Waals surface area contributed by atoms with Gasteiger partial charge in [0, 0.05) is 10.5 Å². The molecular formula is C52H45BBrF8O2. The number of hydrogen-bond donors (Lipinski definition) is 1. The van der Waals surface area contributed by atoms with Gasteiger partial charge in [-0.15, -0.1) is 0 Å². The van der Waals surface area contributed by atoms with Crippen molar-refractivity contribution in [3.63, 3.8) is 0 Å². The summed E-state index contributed by atoms with van der Waals surface area (Å²) in [6.45, 7) is 7.90. The average molecular weight is 945 g/mol. The van der Waals surface area contributed by atoms with E-state index in [2.05, 4.69) is 58.1 Å². The summed E-state index contributed by atoms with van der Waals surface area (Å²) in [5, 5.41) is 8.12. The molecular weight excluding hydrogens is 899 g/mol. The van der Waals surface area contributed by atoms with Crippen LogP contribution in [0.4, 0.5) is 35.1 Å². The molecule has 0 saturated heterocycles. The maximum absolute atomic E-state index is 14.5. The van der Waals surface area contributed by atoms with E-state index >= 15 is 0 Å². The highest BCUT2D eigenvalue weighted by atomic mass is 79.9. The van der Waals surface area contributed by atoms with Gasteiger partial charge in [-0.25, -0.2) is 35.1 Å². The number of hydrogen-bond acceptors (Lipinski definition) is 2. The molecule has 0 aliphatic heterocycles. The van der Waals surface area contributed by atoms with Gasteiger partial charge in [-0.3, -0.25) is 0 Å². The Bertz CT molecular complexity index is 2620.